The molecule has 0 unspecified atom stereocenters. The minimum atomic E-state index is 0.217. The molecule has 342 valence electrons. The highest BCUT2D eigenvalue weighted by atomic mass is 16.5. The highest BCUT2D eigenvalue weighted by Gasteiger charge is 2.23. The molecule has 0 aliphatic carbocycles. The number of ether oxygens (including phenoxy) is 2. The Kier molecular flexibility index (Phi) is 12.9. The number of aromatic nitrogens is 5. The number of hydrogen-bond donors (Lipinski definition) is 0. The van der Waals surface area contributed by atoms with Gasteiger partial charge in [-0.1, -0.05) is 115 Å². The van der Waals surface area contributed by atoms with Crippen LogP contribution in [0, 0.1) is 0 Å². The zero-order chi connectivity index (χ0) is 47.4. The number of pyridine rings is 2. The molecule has 0 saturated heterocycles. The summed E-state index contributed by atoms with van der Waals surface area (Å²) >= 11 is 0. The van der Waals surface area contributed by atoms with Crippen molar-refractivity contribution in [3.63, 3.8) is 0 Å². The summed E-state index contributed by atoms with van der Waals surface area (Å²) in [5, 5.41) is 2.08. The molecule has 0 amide bonds. The van der Waals surface area contributed by atoms with E-state index in [4.69, 9.17) is 29.4 Å². The van der Waals surface area contributed by atoms with E-state index in [0.717, 1.165) is 104 Å². The van der Waals surface area contributed by atoms with E-state index in [-0.39, 0.29) is 11.8 Å². The fourth-order valence-corrected chi connectivity index (χ4v) is 9.56. The van der Waals surface area contributed by atoms with Crippen molar-refractivity contribution in [2.75, 3.05) is 0 Å². The number of benzene rings is 6. The second-order valence-electron chi connectivity index (χ2n) is 18.5. The molecule has 69 heavy (non-hydrogen) atoms. The van der Waals surface area contributed by atoms with Gasteiger partial charge >= 0.3 is 0 Å². The monoisotopic (exact) mass is 903 g/mol. The van der Waals surface area contributed by atoms with Crippen LogP contribution >= 0.6 is 0 Å². The van der Waals surface area contributed by atoms with E-state index in [2.05, 4.69) is 167 Å². The van der Waals surface area contributed by atoms with Crippen LogP contribution < -0.4 is 9.47 Å². The molecular weight excluding hydrogens is 847 g/mol. The van der Waals surface area contributed by atoms with E-state index < -0.39 is 0 Å². The van der Waals surface area contributed by atoms with Crippen LogP contribution in [0.1, 0.15) is 88.5 Å². The van der Waals surface area contributed by atoms with Crippen LogP contribution in [0.4, 0.5) is 0 Å². The maximum Gasteiger partial charge on any atom is 0.234 e. The first-order chi connectivity index (χ1) is 33.8. The van der Waals surface area contributed by atoms with Crippen molar-refractivity contribution in [1.29, 1.82) is 0 Å². The summed E-state index contributed by atoms with van der Waals surface area (Å²) in [6.07, 6.45) is 11.5. The van der Waals surface area contributed by atoms with E-state index in [0.29, 0.717) is 17.4 Å². The molecule has 4 heterocycles. The van der Waals surface area contributed by atoms with Gasteiger partial charge in [-0.2, -0.15) is 0 Å². The van der Waals surface area contributed by atoms with Crippen LogP contribution in [0.5, 0.6) is 23.0 Å². The normalized spacial score (nSPS) is 11.5. The highest BCUT2D eigenvalue weighted by Crippen LogP contribution is 2.46. The summed E-state index contributed by atoms with van der Waals surface area (Å²) < 4.78 is 16.4. The third kappa shape index (κ3) is 9.25. The molecule has 0 radical (unpaired) electrons. The van der Waals surface area contributed by atoms with Crippen molar-refractivity contribution in [2.45, 2.75) is 79.1 Å². The average molecular weight is 904 g/mol. The van der Waals surface area contributed by atoms with Crippen molar-refractivity contribution in [1.82, 2.24) is 24.5 Å². The molecule has 7 heteroatoms. The second kappa shape index (κ2) is 19.7. The number of hydrogen-bond acceptors (Lipinski definition) is 6. The van der Waals surface area contributed by atoms with Gasteiger partial charge < -0.3 is 9.47 Å². The van der Waals surface area contributed by atoms with Gasteiger partial charge in [0.1, 0.15) is 23.0 Å². The molecule has 0 aliphatic rings. The lowest BCUT2D eigenvalue weighted by molar-refractivity contribution is 0.484. The quantitative estimate of drug-likeness (QED) is 0.102. The first kappa shape index (κ1) is 44.9. The van der Waals surface area contributed by atoms with Gasteiger partial charge in [-0.3, -0.25) is 14.5 Å². The number of nitrogens with zero attached hydrogens (tertiary/aromatic N) is 5. The Hall–Kier alpha value is -7.90. The predicted octanol–water partition coefficient (Wildman–Crippen LogP) is 16.8. The molecular formula is C62H57N5O2. The summed E-state index contributed by atoms with van der Waals surface area (Å²) in [7, 11) is 0. The Morgan fingerprint density at radius 2 is 0.870 bits per heavy atom. The Morgan fingerprint density at radius 3 is 1.26 bits per heavy atom. The van der Waals surface area contributed by atoms with Crippen molar-refractivity contribution in [2.24, 2.45) is 0 Å². The zero-order valence-corrected chi connectivity index (χ0v) is 40.3. The molecule has 7 nitrogen and oxygen atoms in total. The average Bonchev–Trinajstić information content (AvgIpc) is 3.70. The molecule has 4 aromatic heterocycles. The summed E-state index contributed by atoms with van der Waals surface area (Å²) in [6, 6.07) is 53.2. The topological polar surface area (TPSA) is 75.0 Å². The molecule has 10 rings (SSSR count). The van der Waals surface area contributed by atoms with Crippen LogP contribution in [-0.2, 0) is 12.8 Å². The fourth-order valence-electron chi connectivity index (χ4n) is 9.56. The van der Waals surface area contributed by atoms with Crippen molar-refractivity contribution >= 4 is 21.8 Å². The molecule has 0 aliphatic heterocycles. The summed E-state index contributed by atoms with van der Waals surface area (Å²) in [5.74, 6) is 3.90. The lowest BCUT2D eigenvalue weighted by Gasteiger charge is -2.20. The molecule has 0 fully saturated rings. The predicted molar refractivity (Wildman–Crippen MR) is 283 cm³/mol. The first-order valence-electron chi connectivity index (χ1n) is 24.3. The molecule has 0 bridgehead atoms. The van der Waals surface area contributed by atoms with E-state index in [1.165, 1.54) is 22.3 Å². The van der Waals surface area contributed by atoms with Crippen LogP contribution in [-0.4, -0.2) is 24.5 Å². The van der Waals surface area contributed by atoms with E-state index >= 15 is 0 Å². The summed E-state index contributed by atoms with van der Waals surface area (Å²) in [5.41, 5.74) is 15.0. The number of fused-ring (bicyclic) bond motifs is 3. The smallest absolute Gasteiger partial charge is 0.234 e. The lowest BCUT2D eigenvalue weighted by atomic mass is 9.88. The molecule has 0 atom stereocenters. The fraction of sp³-hybridized carbons (Fsp3) is 0.194. The van der Waals surface area contributed by atoms with Gasteiger partial charge in [0.2, 0.25) is 5.95 Å². The van der Waals surface area contributed by atoms with Gasteiger partial charge in [0.05, 0.1) is 22.4 Å². The Bertz CT molecular complexity index is 3180. The minimum Gasteiger partial charge on any atom is -0.457 e. The molecule has 0 spiro atoms. The Morgan fingerprint density at radius 1 is 0.435 bits per heavy atom. The van der Waals surface area contributed by atoms with Gasteiger partial charge in [-0.05, 0) is 137 Å². The maximum absolute atomic E-state index is 7.13. The maximum atomic E-state index is 7.13. The standard InChI is InChI=1S/C62H57N5O2/c1-7-14-42-18-22-44(23-19-42)60-52(40(3)4)34-46(54-16-9-11-30-63-54)36-58(60)68-48-26-28-50-51-29-27-49(39-57(51)67(56(50)38-48)62-65-32-13-33-66-62)69-59-37-47(55-17-10-12-31-64-55)35-53(41(5)6)61(59)45-24-20-43(15-8-2)21-25-45/h9-13,16-41H,7-8,14-15H2,1-6H3. The largest absolute Gasteiger partial charge is 0.457 e. The van der Waals surface area contributed by atoms with Gasteiger partial charge in [0.25, 0.3) is 0 Å². The van der Waals surface area contributed by atoms with Crippen LogP contribution in [0.25, 0.3) is 72.5 Å². The van der Waals surface area contributed by atoms with Crippen LogP contribution in [0.3, 0.4) is 0 Å². The molecule has 0 N–H and O–H groups in total. The minimum absolute atomic E-state index is 0.217. The lowest BCUT2D eigenvalue weighted by Crippen LogP contribution is -2.01. The first-order valence-corrected chi connectivity index (χ1v) is 24.3. The number of aryl methyl sites for hydroxylation is 2. The van der Waals surface area contributed by atoms with Crippen molar-refractivity contribution < 1.29 is 9.47 Å². The molecule has 0 saturated carbocycles. The van der Waals surface area contributed by atoms with Crippen LogP contribution in [0.15, 0.2) is 176 Å². The number of rotatable bonds is 15. The van der Waals surface area contributed by atoms with Crippen molar-refractivity contribution in [3.05, 3.63) is 199 Å². The third-order valence-electron chi connectivity index (χ3n) is 12.9. The highest BCUT2D eigenvalue weighted by molar-refractivity contribution is 6.09. The second-order valence-corrected chi connectivity index (χ2v) is 18.5. The zero-order valence-electron chi connectivity index (χ0n) is 40.3. The van der Waals surface area contributed by atoms with E-state index in [9.17, 15) is 0 Å². The van der Waals surface area contributed by atoms with E-state index in [1.807, 2.05) is 42.7 Å². The SMILES string of the molecule is CCCc1ccc(-c2c(Oc3ccc4c5ccc(Oc6cc(-c7ccccn7)cc(C(C)C)c6-c6ccc(CCC)cc6)cc5n(-c5ncccn5)c4c3)cc(-c3ccccn3)cc2C(C)C)cc1. The molecule has 10 aromatic rings. The van der Waals surface area contributed by atoms with Gasteiger partial charge in [-0.15, -0.1) is 0 Å². The van der Waals surface area contributed by atoms with Crippen molar-refractivity contribution in [3.8, 4) is 73.7 Å². The van der Waals surface area contributed by atoms with Crippen LogP contribution in [0.2, 0.25) is 0 Å². The Balaban J connectivity index is 1.12. The Labute approximate surface area is 405 Å². The van der Waals surface area contributed by atoms with Gasteiger partial charge in [-0.25, -0.2) is 9.97 Å². The third-order valence-corrected chi connectivity index (χ3v) is 12.9. The molecule has 6 aromatic carbocycles. The summed E-state index contributed by atoms with van der Waals surface area (Å²) in [4.78, 5) is 19.1. The van der Waals surface area contributed by atoms with Gasteiger partial charge in [0.15, 0.2) is 0 Å². The van der Waals surface area contributed by atoms with E-state index in [1.54, 1.807) is 12.4 Å². The van der Waals surface area contributed by atoms with Gasteiger partial charge in [0, 0.05) is 69.9 Å². The summed E-state index contributed by atoms with van der Waals surface area (Å²) in [6.45, 7) is 13.4.